The normalized spacial score (nSPS) is 32.1. The van der Waals surface area contributed by atoms with Crippen molar-refractivity contribution in [1.29, 1.82) is 0 Å². The van der Waals surface area contributed by atoms with E-state index in [9.17, 15) is 0 Å². The molecule has 3 rings (SSSR count). The van der Waals surface area contributed by atoms with E-state index in [1.165, 1.54) is 12.8 Å². The molecule has 2 fully saturated rings. The minimum atomic E-state index is 0.339. The van der Waals surface area contributed by atoms with Crippen molar-refractivity contribution in [2.24, 2.45) is 11.7 Å². The van der Waals surface area contributed by atoms with Crippen molar-refractivity contribution in [3.05, 3.63) is 11.9 Å². The molecule has 4 heteroatoms. The number of hydrogen-bond acceptors (Lipinski definition) is 3. The Kier molecular flexibility index (Phi) is 1.47. The molecule has 0 aliphatic heterocycles. The van der Waals surface area contributed by atoms with Crippen LogP contribution in [0.4, 0.5) is 0 Å². The van der Waals surface area contributed by atoms with Crippen LogP contribution in [0.3, 0.4) is 0 Å². The molecule has 0 saturated heterocycles. The highest BCUT2D eigenvalue weighted by Gasteiger charge is 2.37. The average Bonchev–Trinajstić information content (AvgIpc) is 2.97. The fraction of sp³-hybridized carbons (Fsp3) is 0.778. The van der Waals surface area contributed by atoms with Crippen molar-refractivity contribution in [2.45, 2.75) is 37.8 Å². The summed E-state index contributed by atoms with van der Waals surface area (Å²) in [5.41, 5.74) is 6.84. The van der Waals surface area contributed by atoms with Crippen molar-refractivity contribution >= 4 is 0 Å². The van der Waals surface area contributed by atoms with Crippen LogP contribution in [0.25, 0.3) is 0 Å². The van der Waals surface area contributed by atoms with Gasteiger partial charge in [-0.05, 0) is 25.2 Å². The van der Waals surface area contributed by atoms with Gasteiger partial charge in [0, 0.05) is 24.7 Å². The zero-order valence-corrected chi connectivity index (χ0v) is 7.56. The highest BCUT2D eigenvalue weighted by Crippen LogP contribution is 2.37. The molecule has 13 heavy (non-hydrogen) atoms. The largest absolute Gasteiger partial charge is 0.327 e. The zero-order chi connectivity index (χ0) is 8.84. The predicted octanol–water partition coefficient (Wildman–Crippen LogP) is 0.503. The van der Waals surface area contributed by atoms with Crippen molar-refractivity contribution < 1.29 is 0 Å². The molecule has 1 aromatic rings. The molecule has 1 aromatic heterocycles. The SMILES string of the molecule is N[C@@H]1C[C@H]1c1cn(CC2CC2)nn1. The van der Waals surface area contributed by atoms with Gasteiger partial charge in [-0.3, -0.25) is 4.68 Å². The lowest BCUT2D eigenvalue weighted by Crippen LogP contribution is -2.01. The van der Waals surface area contributed by atoms with E-state index in [1.54, 1.807) is 0 Å². The topological polar surface area (TPSA) is 56.7 Å². The molecule has 2 aliphatic rings. The number of nitrogens with two attached hydrogens (primary N) is 1. The minimum absolute atomic E-state index is 0.339. The zero-order valence-electron chi connectivity index (χ0n) is 7.56. The van der Waals surface area contributed by atoms with Gasteiger partial charge in [-0.25, -0.2) is 0 Å². The van der Waals surface area contributed by atoms with Crippen LogP contribution < -0.4 is 5.73 Å². The van der Waals surface area contributed by atoms with Crippen LogP contribution >= 0.6 is 0 Å². The molecule has 1 heterocycles. The van der Waals surface area contributed by atoms with E-state index in [1.807, 2.05) is 4.68 Å². The molecule has 0 amide bonds. The fourth-order valence-electron chi connectivity index (χ4n) is 1.69. The van der Waals surface area contributed by atoms with E-state index < -0.39 is 0 Å². The van der Waals surface area contributed by atoms with Crippen LogP contribution in [0.5, 0.6) is 0 Å². The van der Waals surface area contributed by atoms with E-state index in [4.69, 9.17) is 5.73 Å². The van der Waals surface area contributed by atoms with Crippen LogP contribution in [0.2, 0.25) is 0 Å². The summed E-state index contributed by atoms with van der Waals surface area (Å²) in [7, 11) is 0. The summed E-state index contributed by atoms with van der Waals surface area (Å²) < 4.78 is 1.97. The molecule has 0 spiro atoms. The maximum Gasteiger partial charge on any atom is 0.0874 e. The summed E-state index contributed by atoms with van der Waals surface area (Å²) in [5, 5.41) is 8.25. The van der Waals surface area contributed by atoms with Crippen molar-refractivity contribution in [2.75, 3.05) is 0 Å². The van der Waals surface area contributed by atoms with Crippen LogP contribution in [0.1, 0.15) is 30.9 Å². The summed E-state index contributed by atoms with van der Waals surface area (Å²) in [6.07, 6.45) is 5.87. The second kappa shape index (κ2) is 2.54. The Labute approximate surface area is 77.1 Å². The van der Waals surface area contributed by atoms with Crippen molar-refractivity contribution in [3.8, 4) is 0 Å². The first-order valence-corrected chi connectivity index (χ1v) is 4.98. The molecule has 0 aromatic carbocycles. The first-order valence-electron chi connectivity index (χ1n) is 4.98. The molecule has 0 bridgehead atoms. The Morgan fingerprint density at radius 3 is 2.92 bits per heavy atom. The van der Waals surface area contributed by atoms with Gasteiger partial charge in [0.15, 0.2) is 0 Å². The first-order chi connectivity index (χ1) is 6.33. The van der Waals surface area contributed by atoms with Crippen LogP contribution in [-0.2, 0) is 6.54 Å². The first kappa shape index (κ1) is 7.50. The molecule has 2 saturated carbocycles. The van der Waals surface area contributed by atoms with Gasteiger partial charge in [0.2, 0.25) is 0 Å². The third-order valence-corrected chi connectivity index (χ3v) is 2.92. The molecule has 2 atom stereocenters. The third-order valence-electron chi connectivity index (χ3n) is 2.92. The monoisotopic (exact) mass is 178 g/mol. The van der Waals surface area contributed by atoms with E-state index in [0.29, 0.717) is 12.0 Å². The standard InChI is InChI=1S/C9H14N4/c10-8-3-7(8)9-5-13(12-11-9)4-6-1-2-6/h5-8H,1-4,10H2/t7-,8-/m1/s1. The second-order valence-electron chi connectivity index (χ2n) is 4.31. The Morgan fingerprint density at radius 2 is 2.31 bits per heavy atom. The average molecular weight is 178 g/mol. The van der Waals surface area contributed by atoms with E-state index in [2.05, 4.69) is 16.5 Å². The Morgan fingerprint density at radius 1 is 1.54 bits per heavy atom. The molecule has 70 valence electrons. The highest BCUT2D eigenvalue weighted by atomic mass is 15.4. The van der Waals surface area contributed by atoms with Gasteiger partial charge >= 0.3 is 0 Å². The lowest BCUT2D eigenvalue weighted by atomic mass is 10.3. The summed E-state index contributed by atoms with van der Waals surface area (Å²) in [6, 6.07) is 0.339. The van der Waals surface area contributed by atoms with Gasteiger partial charge in [-0.15, -0.1) is 5.10 Å². The Hall–Kier alpha value is -0.900. The van der Waals surface area contributed by atoms with Crippen LogP contribution in [0.15, 0.2) is 6.20 Å². The molecule has 2 aliphatic carbocycles. The lowest BCUT2D eigenvalue weighted by Gasteiger charge is -1.94. The van der Waals surface area contributed by atoms with Gasteiger partial charge in [0.25, 0.3) is 0 Å². The molecule has 4 nitrogen and oxygen atoms in total. The summed E-state index contributed by atoms with van der Waals surface area (Å²) in [4.78, 5) is 0. The van der Waals surface area contributed by atoms with Gasteiger partial charge in [0.1, 0.15) is 0 Å². The number of aromatic nitrogens is 3. The predicted molar refractivity (Wildman–Crippen MR) is 48.1 cm³/mol. The minimum Gasteiger partial charge on any atom is -0.327 e. The van der Waals surface area contributed by atoms with Gasteiger partial charge in [-0.2, -0.15) is 0 Å². The molecule has 0 radical (unpaired) electrons. The lowest BCUT2D eigenvalue weighted by molar-refractivity contribution is 0.544. The summed E-state index contributed by atoms with van der Waals surface area (Å²) in [5.74, 6) is 1.36. The molecular weight excluding hydrogens is 164 g/mol. The van der Waals surface area contributed by atoms with Crippen molar-refractivity contribution in [1.82, 2.24) is 15.0 Å². The van der Waals surface area contributed by atoms with Crippen molar-refractivity contribution in [3.63, 3.8) is 0 Å². The van der Waals surface area contributed by atoms with Gasteiger partial charge < -0.3 is 5.73 Å². The highest BCUT2D eigenvalue weighted by molar-refractivity contribution is 5.16. The maximum absolute atomic E-state index is 5.74. The number of nitrogens with zero attached hydrogens (tertiary/aromatic N) is 3. The molecular formula is C9H14N4. The maximum atomic E-state index is 5.74. The number of rotatable bonds is 3. The smallest absolute Gasteiger partial charge is 0.0874 e. The fourth-order valence-corrected chi connectivity index (χ4v) is 1.69. The molecule has 0 unspecified atom stereocenters. The van der Waals surface area contributed by atoms with Gasteiger partial charge in [-0.1, -0.05) is 5.21 Å². The molecule has 2 N–H and O–H groups in total. The van der Waals surface area contributed by atoms with Gasteiger partial charge in [0.05, 0.1) is 5.69 Å². The second-order valence-corrected chi connectivity index (χ2v) is 4.31. The van der Waals surface area contributed by atoms with E-state index >= 15 is 0 Å². The number of hydrogen-bond donors (Lipinski definition) is 1. The third kappa shape index (κ3) is 1.46. The van der Waals surface area contributed by atoms with Crippen LogP contribution in [-0.4, -0.2) is 21.0 Å². The summed E-state index contributed by atoms with van der Waals surface area (Å²) in [6.45, 7) is 1.05. The van der Waals surface area contributed by atoms with E-state index in [0.717, 1.165) is 24.6 Å². The Balaban J connectivity index is 1.70. The van der Waals surface area contributed by atoms with E-state index in [-0.39, 0.29) is 0 Å². The van der Waals surface area contributed by atoms with Crippen LogP contribution in [0, 0.1) is 5.92 Å². The Bertz CT molecular complexity index is 315. The quantitative estimate of drug-likeness (QED) is 0.733. The summed E-state index contributed by atoms with van der Waals surface area (Å²) >= 11 is 0.